The third-order valence-corrected chi connectivity index (χ3v) is 7.63. The molecule has 0 spiro atoms. The molecule has 0 aliphatic heterocycles. The minimum Gasteiger partial charge on any atom is -0.494 e. The van der Waals surface area contributed by atoms with Gasteiger partial charge in [-0.3, -0.25) is 4.79 Å². The third kappa shape index (κ3) is 4.51. The monoisotopic (exact) mass is 526 g/mol. The molecule has 3 heterocycles. The molecule has 5 rings (SSSR count). The number of ether oxygens (including phenoxy) is 1. The van der Waals surface area contributed by atoms with Crippen molar-refractivity contribution in [3.05, 3.63) is 77.4 Å². The number of aryl methyl sites for hydroxylation is 1. The summed E-state index contributed by atoms with van der Waals surface area (Å²) in [5.41, 5.74) is 11.1. The molecule has 0 bridgehead atoms. The predicted molar refractivity (Wildman–Crippen MR) is 158 cm³/mol. The Morgan fingerprint density at radius 3 is 2.82 bits per heavy atom. The van der Waals surface area contributed by atoms with E-state index in [1.807, 2.05) is 54.1 Å². The number of likely N-dealkylation sites (N-methyl/N-ethyl adjacent to an activating group) is 1. The normalized spacial score (nSPS) is 11.6. The van der Waals surface area contributed by atoms with E-state index in [2.05, 4.69) is 34.8 Å². The fraction of sp³-hybridized carbons (Fsp3) is 0.172. The van der Waals surface area contributed by atoms with E-state index >= 15 is 0 Å². The third-order valence-electron chi connectivity index (χ3n) is 6.60. The van der Waals surface area contributed by atoms with Gasteiger partial charge < -0.3 is 20.4 Å². The van der Waals surface area contributed by atoms with Gasteiger partial charge in [-0.2, -0.15) is 0 Å². The molecule has 5 aromatic rings. The van der Waals surface area contributed by atoms with Crippen LogP contribution in [-0.2, 0) is 7.05 Å². The number of thiophene rings is 1. The summed E-state index contributed by atoms with van der Waals surface area (Å²) in [7, 11) is 3.42. The Morgan fingerprint density at radius 1 is 1.24 bits per heavy atom. The number of nitrogens with zero attached hydrogens (tertiary/aromatic N) is 3. The van der Waals surface area contributed by atoms with Crippen LogP contribution in [0.4, 0.5) is 11.5 Å². The zero-order valence-electron chi connectivity index (χ0n) is 21.6. The lowest BCUT2D eigenvalue weighted by atomic mass is 10.0. The van der Waals surface area contributed by atoms with E-state index in [0.29, 0.717) is 22.9 Å². The zero-order chi connectivity index (χ0) is 26.8. The van der Waals surface area contributed by atoms with Gasteiger partial charge in [0.15, 0.2) is 0 Å². The lowest BCUT2D eigenvalue weighted by Crippen LogP contribution is -2.38. The molecule has 9 heteroatoms. The molecule has 3 aromatic heterocycles. The average molecular weight is 527 g/mol. The topological polar surface area (TPSA) is 111 Å². The van der Waals surface area contributed by atoms with Crippen LogP contribution in [0.25, 0.3) is 38.2 Å². The summed E-state index contributed by atoms with van der Waals surface area (Å²) in [5, 5.41) is 8.35. The number of benzene rings is 2. The molecule has 38 heavy (non-hydrogen) atoms. The molecule has 8 nitrogen and oxygen atoms in total. The Labute approximate surface area is 225 Å². The van der Waals surface area contributed by atoms with Crippen LogP contribution in [0.2, 0.25) is 0 Å². The van der Waals surface area contributed by atoms with Crippen molar-refractivity contribution >= 4 is 55.8 Å². The maximum Gasteiger partial charge on any atom is 0.289 e. The maximum absolute atomic E-state index is 13.4. The first kappa shape index (κ1) is 25.5. The van der Waals surface area contributed by atoms with Gasteiger partial charge >= 0.3 is 0 Å². The van der Waals surface area contributed by atoms with E-state index in [0.717, 1.165) is 55.8 Å². The summed E-state index contributed by atoms with van der Waals surface area (Å²) in [5.74, 6) is 6.97. The first-order valence-electron chi connectivity index (χ1n) is 12.3. The largest absolute Gasteiger partial charge is 0.494 e. The highest BCUT2D eigenvalue weighted by molar-refractivity contribution is 7.18. The number of hydrazine groups is 1. The number of carbonyl (C=O) groups excluding carboxylic acids is 1. The Bertz CT molecular complexity index is 1670. The van der Waals surface area contributed by atoms with Gasteiger partial charge in [-0.25, -0.2) is 15.8 Å². The zero-order valence-corrected chi connectivity index (χ0v) is 22.4. The van der Waals surface area contributed by atoms with Gasteiger partial charge in [0.2, 0.25) is 0 Å². The number of methoxy groups -OCH3 is 1. The Balaban J connectivity index is 1.50. The number of nitrogens with one attached hydrogen (secondary N) is 1. The molecule has 0 fully saturated rings. The number of anilines is 2. The van der Waals surface area contributed by atoms with Crippen molar-refractivity contribution in [3.63, 3.8) is 0 Å². The van der Waals surface area contributed by atoms with Gasteiger partial charge in [0.1, 0.15) is 22.9 Å². The maximum atomic E-state index is 13.4. The van der Waals surface area contributed by atoms with E-state index in [1.54, 1.807) is 30.7 Å². The minimum atomic E-state index is -0.335. The summed E-state index contributed by atoms with van der Waals surface area (Å²) in [4.78, 5) is 17.8. The van der Waals surface area contributed by atoms with Gasteiger partial charge in [0, 0.05) is 51.9 Å². The summed E-state index contributed by atoms with van der Waals surface area (Å²) in [6, 6.07) is 15.3. The molecule has 0 atom stereocenters. The lowest BCUT2D eigenvalue weighted by Gasteiger charge is -2.20. The number of carbonyl (C=O) groups is 1. The summed E-state index contributed by atoms with van der Waals surface area (Å²) in [6.07, 6.45) is 5.94. The highest BCUT2D eigenvalue weighted by Gasteiger charge is 2.23. The van der Waals surface area contributed by atoms with Crippen LogP contribution in [0.1, 0.15) is 23.0 Å². The average Bonchev–Trinajstić information content (AvgIpc) is 3.54. The highest BCUT2D eigenvalue weighted by Crippen LogP contribution is 2.41. The van der Waals surface area contributed by atoms with Gasteiger partial charge in [-0.1, -0.05) is 43.3 Å². The van der Waals surface area contributed by atoms with E-state index in [4.69, 9.17) is 16.3 Å². The van der Waals surface area contributed by atoms with Crippen LogP contribution in [0.15, 0.2) is 66.2 Å². The van der Waals surface area contributed by atoms with Gasteiger partial charge in [-0.05, 0) is 41.8 Å². The first-order valence-corrected chi connectivity index (χ1v) is 13.2. The number of fused-ring (bicyclic) bond motifs is 2. The SMILES string of the molecule is CCNCC=Cc1cnc(N)c2c(-c3ccc(N(N)C(=O)c4cc5ccccc5n4C)c(OC)c3)csc12. The van der Waals surface area contributed by atoms with Crippen LogP contribution >= 0.6 is 11.3 Å². The van der Waals surface area contributed by atoms with Crippen LogP contribution in [0, 0.1) is 0 Å². The quantitative estimate of drug-likeness (QED) is 0.111. The van der Waals surface area contributed by atoms with Crippen molar-refractivity contribution in [2.45, 2.75) is 6.92 Å². The Kier molecular flexibility index (Phi) is 7.15. The van der Waals surface area contributed by atoms with Gasteiger partial charge in [0.05, 0.1) is 7.11 Å². The van der Waals surface area contributed by atoms with Crippen LogP contribution < -0.4 is 26.6 Å². The minimum absolute atomic E-state index is 0.335. The fourth-order valence-corrected chi connectivity index (χ4v) is 5.68. The number of hydrogen-bond acceptors (Lipinski definition) is 7. The molecular weight excluding hydrogens is 496 g/mol. The van der Waals surface area contributed by atoms with Crippen molar-refractivity contribution in [3.8, 4) is 16.9 Å². The Hall–Kier alpha value is -4.18. The van der Waals surface area contributed by atoms with Gasteiger partial charge in [-0.15, -0.1) is 11.3 Å². The number of pyridine rings is 1. The second-order valence-electron chi connectivity index (χ2n) is 8.87. The van der Waals surface area contributed by atoms with Crippen LogP contribution in [0.5, 0.6) is 5.75 Å². The van der Waals surface area contributed by atoms with Crippen molar-refractivity contribution in [1.29, 1.82) is 0 Å². The molecule has 0 saturated heterocycles. The number of nitrogens with two attached hydrogens (primary N) is 2. The van der Waals surface area contributed by atoms with Gasteiger partial charge in [0.25, 0.3) is 5.91 Å². The highest BCUT2D eigenvalue weighted by atomic mass is 32.1. The molecule has 194 valence electrons. The number of para-hydroxylation sites is 1. The number of nitrogen functional groups attached to an aromatic ring is 1. The molecule has 2 aromatic carbocycles. The van der Waals surface area contributed by atoms with Crippen molar-refractivity contribution in [2.75, 3.05) is 30.9 Å². The van der Waals surface area contributed by atoms with E-state index in [1.165, 1.54) is 0 Å². The number of rotatable bonds is 8. The van der Waals surface area contributed by atoms with E-state index < -0.39 is 0 Å². The number of amides is 1. The van der Waals surface area contributed by atoms with Crippen molar-refractivity contribution < 1.29 is 9.53 Å². The Morgan fingerprint density at radius 2 is 2.05 bits per heavy atom. The van der Waals surface area contributed by atoms with Crippen molar-refractivity contribution in [2.24, 2.45) is 12.9 Å². The molecular formula is C29H30N6O2S. The number of hydrogen-bond donors (Lipinski definition) is 3. The second kappa shape index (κ2) is 10.7. The standard InChI is InChI=1S/C29H30N6O2S/c1-4-32-13-7-9-20-16-33-28(30)26-21(17-38-27(20)26)18-11-12-23(25(15-18)37-3)35(31)29(36)24-14-19-8-5-6-10-22(19)34(24)2/h5-12,14-17,32H,4,13,31H2,1-3H3,(H2,30,33). The lowest BCUT2D eigenvalue weighted by molar-refractivity contribution is 0.0979. The first-order chi connectivity index (χ1) is 18.4. The summed E-state index contributed by atoms with van der Waals surface area (Å²) >= 11 is 1.62. The van der Waals surface area contributed by atoms with E-state index in [9.17, 15) is 4.79 Å². The van der Waals surface area contributed by atoms with Crippen molar-refractivity contribution in [1.82, 2.24) is 14.9 Å². The smallest absolute Gasteiger partial charge is 0.289 e. The fourth-order valence-electron chi connectivity index (χ4n) is 4.60. The summed E-state index contributed by atoms with van der Waals surface area (Å²) in [6.45, 7) is 3.77. The van der Waals surface area contributed by atoms with Crippen LogP contribution in [0.3, 0.4) is 0 Å². The molecule has 0 radical (unpaired) electrons. The molecule has 0 unspecified atom stereocenters. The number of aromatic nitrogens is 2. The second-order valence-corrected chi connectivity index (χ2v) is 9.75. The molecule has 0 aliphatic rings. The molecule has 1 amide bonds. The van der Waals surface area contributed by atoms with E-state index in [-0.39, 0.29) is 5.91 Å². The molecule has 5 N–H and O–H groups in total. The molecule has 0 aliphatic carbocycles. The molecule has 0 saturated carbocycles. The predicted octanol–water partition coefficient (Wildman–Crippen LogP) is 5.19. The summed E-state index contributed by atoms with van der Waals surface area (Å²) < 4.78 is 8.59. The van der Waals surface area contributed by atoms with Crippen LogP contribution in [-0.4, -0.2) is 35.7 Å².